The third-order valence-corrected chi connectivity index (χ3v) is 4.21. The lowest BCUT2D eigenvalue weighted by Gasteiger charge is -2.39. The lowest BCUT2D eigenvalue weighted by Crippen LogP contribution is -2.49. The highest BCUT2D eigenvalue weighted by molar-refractivity contribution is 5.98. The van der Waals surface area contributed by atoms with Crippen molar-refractivity contribution in [2.75, 3.05) is 13.1 Å². The molecule has 1 aliphatic carbocycles. The quantitative estimate of drug-likeness (QED) is 0.813. The third kappa shape index (κ3) is 1.57. The summed E-state index contributed by atoms with van der Waals surface area (Å²) >= 11 is 0. The van der Waals surface area contributed by atoms with Gasteiger partial charge in [-0.15, -0.1) is 0 Å². The fourth-order valence-corrected chi connectivity index (χ4v) is 2.98. The third-order valence-electron chi connectivity index (χ3n) is 4.21. The highest BCUT2D eigenvalue weighted by atomic mass is 16.5. The van der Waals surface area contributed by atoms with Crippen molar-refractivity contribution in [3.05, 3.63) is 11.9 Å². The monoisotopic (exact) mass is 247 g/mol. The van der Waals surface area contributed by atoms with Crippen molar-refractivity contribution in [2.45, 2.75) is 43.7 Å². The number of ether oxygens (including phenoxy) is 1. The number of hydrogen-bond donors (Lipinski definition) is 1. The number of Topliss-reactive ketones (excluding diaryl/α,β-unsaturated/α-hetero) is 1. The normalized spacial score (nSPS) is 25.9. The van der Waals surface area contributed by atoms with Crippen molar-refractivity contribution in [1.82, 2.24) is 15.1 Å². The molecule has 18 heavy (non-hydrogen) atoms. The van der Waals surface area contributed by atoms with E-state index < -0.39 is 0 Å². The van der Waals surface area contributed by atoms with Gasteiger partial charge < -0.3 is 10.1 Å². The minimum atomic E-state index is -0.271. The van der Waals surface area contributed by atoms with Gasteiger partial charge in [0.25, 0.3) is 0 Å². The van der Waals surface area contributed by atoms with E-state index in [2.05, 4.69) is 10.4 Å². The Morgan fingerprint density at radius 2 is 2.17 bits per heavy atom. The summed E-state index contributed by atoms with van der Waals surface area (Å²) in [6.07, 6.45) is 6.57. The summed E-state index contributed by atoms with van der Waals surface area (Å²) in [5.41, 5.74) is 0.276. The van der Waals surface area contributed by atoms with Crippen molar-refractivity contribution in [3.63, 3.8) is 0 Å². The van der Waals surface area contributed by atoms with Gasteiger partial charge in [-0.25, -0.2) is 0 Å². The Labute approximate surface area is 105 Å². The summed E-state index contributed by atoms with van der Waals surface area (Å²) < 4.78 is 8.06. The molecule has 0 amide bonds. The molecule has 1 aromatic heterocycles. The molecule has 0 unspecified atom stereocenters. The zero-order chi connectivity index (χ0) is 12.2. The number of carbonyl (C=O) groups is 1. The maximum absolute atomic E-state index is 12.2. The van der Waals surface area contributed by atoms with Gasteiger partial charge in [0.15, 0.2) is 17.2 Å². The van der Waals surface area contributed by atoms with Gasteiger partial charge in [-0.2, -0.15) is 5.10 Å². The molecule has 96 valence electrons. The lowest BCUT2D eigenvalue weighted by atomic mass is 9.84. The molecule has 1 saturated carbocycles. The Kier molecular flexibility index (Phi) is 2.09. The number of rotatable bonds is 1. The van der Waals surface area contributed by atoms with E-state index in [9.17, 15) is 4.79 Å². The largest absolute Gasteiger partial charge is 0.483 e. The average molecular weight is 247 g/mol. The molecule has 1 saturated heterocycles. The first-order valence-electron chi connectivity index (χ1n) is 6.78. The Morgan fingerprint density at radius 1 is 1.39 bits per heavy atom. The molecule has 5 heteroatoms. The Morgan fingerprint density at radius 3 is 2.89 bits per heavy atom. The van der Waals surface area contributed by atoms with Crippen LogP contribution in [0.5, 0.6) is 5.75 Å². The number of ketones is 1. The first-order chi connectivity index (χ1) is 8.76. The van der Waals surface area contributed by atoms with Crippen LogP contribution < -0.4 is 10.1 Å². The van der Waals surface area contributed by atoms with Crippen molar-refractivity contribution in [3.8, 4) is 5.75 Å². The van der Waals surface area contributed by atoms with E-state index in [0.29, 0.717) is 23.9 Å². The van der Waals surface area contributed by atoms with Crippen LogP contribution in [-0.4, -0.2) is 34.3 Å². The molecule has 2 fully saturated rings. The zero-order valence-electron chi connectivity index (χ0n) is 10.3. The minimum Gasteiger partial charge on any atom is -0.483 e. The molecule has 3 aliphatic rings. The SMILES string of the molecule is O=C1CC2(CCNCC2)Oc2cn(C3CC3)nc21. The van der Waals surface area contributed by atoms with Crippen LogP contribution in [0, 0.1) is 0 Å². The van der Waals surface area contributed by atoms with E-state index in [4.69, 9.17) is 4.74 Å². The number of aromatic nitrogens is 2. The summed E-state index contributed by atoms with van der Waals surface area (Å²) in [5, 5.41) is 7.71. The van der Waals surface area contributed by atoms with E-state index >= 15 is 0 Å². The van der Waals surface area contributed by atoms with Gasteiger partial charge in [0, 0.05) is 12.8 Å². The van der Waals surface area contributed by atoms with Gasteiger partial charge >= 0.3 is 0 Å². The smallest absolute Gasteiger partial charge is 0.190 e. The summed E-state index contributed by atoms with van der Waals surface area (Å²) in [4.78, 5) is 12.2. The molecule has 3 heterocycles. The number of nitrogens with zero attached hydrogens (tertiary/aromatic N) is 2. The van der Waals surface area contributed by atoms with Gasteiger partial charge in [-0.1, -0.05) is 0 Å². The fraction of sp³-hybridized carbons (Fsp3) is 0.692. The average Bonchev–Trinajstić information content (AvgIpc) is 3.11. The van der Waals surface area contributed by atoms with Crippen LogP contribution in [0.2, 0.25) is 0 Å². The molecule has 1 N–H and O–H groups in total. The molecule has 2 aliphatic heterocycles. The summed E-state index contributed by atoms with van der Waals surface area (Å²) in [6, 6.07) is 0.496. The predicted octanol–water partition coefficient (Wildman–Crippen LogP) is 1.31. The number of hydrogen-bond acceptors (Lipinski definition) is 4. The molecule has 1 aromatic rings. The first kappa shape index (κ1) is 10.6. The molecule has 1 spiro atoms. The summed E-state index contributed by atoms with van der Waals surface area (Å²) in [6.45, 7) is 1.86. The summed E-state index contributed by atoms with van der Waals surface area (Å²) in [7, 11) is 0. The molecule has 0 bridgehead atoms. The first-order valence-corrected chi connectivity index (χ1v) is 6.78. The summed E-state index contributed by atoms with van der Waals surface area (Å²) in [5.74, 6) is 0.859. The van der Waals surface area contributed by atoms with Crippen LogP contribution in [0.4, 0.5) is 0 Å². The highest BCUT2D eigenvalue weighted by Gasteiger charge is 2.43. The highest BCUT2D eigenvalue weighted by Crippen LogP contribution is 2.41. The van der Waals surface area contributed by atoms with E-state index in [1.807, 2.05) is 10.9 Å². The van der Waals surface area contributed by atoms with E-state index in [1.165, 1.54) is 12.8 Å². The van der Waals surface area contributed by atoms with E-state index in [-0.39, 0.29) is 11.4 Å². The molecular weight excluding hydrogens is 230 g/mol. The van der Waals surface area contributed by atoms with Gasteiger partial charge in [0.2, 0.25) is 0 Å². The van der Waals surface area contributed by atoms with Gasteiger partial charge in [0.1, 0.15) is 5.60 Å². The number of piperidine rings is 1. The van der Waals surface area contributed by atoms with Crippen molar-refractivity contribution < 1.29 is 9.53 Å². The van der Waals surface area contributed by atoms with Crippen molar-refractivity contribution >= 4 is 5.78 Å². The van der Waals surface area contributed by atoms with Gasteiger partial charge in [0.05, 0.1) is 18.7 Å². The van der Waals surface area contributed by atoms with Crippen LogP contribution in [0.1, 0.15) is 48.6 Å². The molecule has 5 nitrogen and oxygen atoms in total. The number of fused-ring (bicyclic) bond motifs is 1. The Hall–Kier alpha value is -1.36. The predicted molar refractivity (Wildman–Crippen MR) is 64.9 cm³/mol. The second-order valence-electron chi connectivity index (χ2n) is 5.69. The minimum absolute atomic E-state index is 0.151. The standard InChI is InChI=1S/C13H17N3O2/c17-10-7-13(3-5-14-6-4-13)18-11-8-16(9-1-2-9)15-12(10)11/h8-9,14H,1-7H2. The number of carbonyl (C=O) groups excluding carboxylic acids is 1. The molecule has 0 radical (unpaired) electrons. The zero-order valence-corrected chi connectivity index (χ0v) is 10.3. The van der Waals surface area contributed by atoms with Gasteiger partial charge in [-0.3, -0.25) is 9.48 Å². The van der Waals surface area contributed by atoms with Crippen LogP contribution in [0.25, 0.3) is 0 Å². The fourth-order valence-electron chi connectivity index (χ4n) is 2.98. The lowest BCUT2D eigenvalue weighted by molar-refractivity contribution is 0.0185. The topological polar surface area (TPSA) is 56.1 Å². The molecular formula is C13H17N3O2. The van der Waals surface area contributed by atoms with Crippen LogP contribution in [-0.2, 0) is 0 Å². The van der Waals surface area contributed by atoms with Crippen molar-refractivity contribution in [1.29, 1.82) is 0 Å². The van der Waals surface area contributed by atoms with Crippen molar-refractivity contribution in [2.24, 2.45) is 0 Å². The van der Waals surface area contributed by atoms with Crippen LogP contribution >= 0.6 is 0 Å². The second kappa shape index (κ2) is 3.57. The Bertz CT molecular complexity index is 498. The maximum atomic E-state index is 12.2. The second-order valence-corrected chi connectivity index (χ2v) is 5.69. The maximum Gasteiger partial charge on any atom is 0.190 e. The molecule has 0 aromatic carbocycles. The van der Waals surface area contributed by atoms with E-state index in [1.54, 1.807) is 0 Å². The van der Waals surface area contributed by atoms with Gasteiger partial charge in [-0.05, 0) is 25.9 Å². The van der Waals surface area contributed by atoms with Crippen LogP contribution in [0.3, 0.4) is 0 Å². The van der Waals surface area contributed by atoms with Crippen LogP contribution in [0.15, 0.2) is 6.20 Å². The Balaban J connectivity index is 1.68. The number of nitrogens with one attached hydrogen (secondary N) is 1. The molecule has 0 atom stereocenters. The molecule has 4 rings (SSSR count). The van der Waals surface area contributed by atoms with E-state index in [0.717, 1.165) is 25.9 Å².